The quantitative estimate of drug-likeness (QED) is 0.500. The molecule has 0 aliphatic carbocycles. The van der Waals surface area contributed by atoms with Gasteiger partial charge in [-0.15, -0.1) is 24.0 Å². The molecule has 7 heteroatoms. The number of thiazole rings is 1. The highest BCUT2D eigenvalue weighted by atomic mass is 32.1. The van der Waals surface area contributed by atoms with E-state index in [-0.39, 0.29) is 18.0 Å². The van der Waals surface area contributed by atoms with Gasteiger partial charge in [0.1, 0.15) is 16.6 Å². The number of ketones is 2. The number of rotatable bonds is 3. The Kier molecular flexibility index (Phi) is 9.80. The lowest BCUT2D eigenvalue weighted by molar-refractivity contribution is -0.117. The summed E-state index contributed by atoms with van der Waals surface area (Å²) in [6.45, 7) is 2.98. The van der Waals surface area contributed by atoms with Crippen LogP contribution in [0.5, 0.6) is 0 Å². The van der Waals surface area contributed by atoms with Crippen molar-refractivity contribution in [2.75, 3.05) is 5.73 Å². The number of thiol groups is 1. The average molecular weight is 400 g/mol. The molecule has 3 rings (SSSR count). The zero-order valence-corrected chi connectivity index (χ0v) is 16.9. The Morgan fingerprint density at radius 2 is 1.74 bits per heavy atom. The number of nitrogen functional groups attached to an aromatic ring is 1. The molecule has 5 nitrogen and oxygen atoms in total. The number of hydrogen-bond donors (Lipinski definition) is 2. The number of carbonyl (C=O) groups excluding carboxylic acids is 2. The fourth-order valence-corrected chi connectivity index (χ4v) is 3.01. The van der Waals surface area contributed by atoms with Gasteiger partial charge in [0.15, 0.2) is 0 Å². The molecule has 1 heterocycles. The lowest BCUT2D eigenvalue weighted by Crippen LogP contribution is -1.94. The number of aromatic nitrogens is 1. The molecule has 0 spiro atoms. The van der Waals surface area contributed by atoms with E-state index in [0.29, 0.717) is 6.42 Å². The van der Waals surface area contributed by atoms with Gasteiger partial charge in [0.25, 0.3) is 0 Å². The van der Waals surface area contributed by atoms with E-state index in [1.807, 2.05) is 48.5 Å². The van der Waals surface area contributed by atoms with Crippen molar-refractivity contribution in [3.05, 3.63) is 53.5 Å². The number of Topliss-reactive ketones (excluding diaryl/α,β-unsaturated/α-hetero) is 2. The zero-order chi connectivity index (χ0) is 20.2. The first-order chi connectivity index (χ1) is 12.8. The van der Waals surface area contributed by atoms with Crippen LogP contribution in [0.15, 0.2) is 53.4 Å². The second kappa shape index (κ2) is 11.8. The van der Waals surface area contributed by atoms with Crippen LogP contribution in [0, 0.1) is 11.3 Å². The topological polar surface area (TPSA) is 96.8 Å². The molecule has 2 N–H and O–H groups in total. The predicted molar refractivity (Wildman–Crippen MR) is 113 cm³/mol. The largest absolute Gasteiger partial charge is 0.398 e. The van der Waals surface area contributed by atoms with Crippen LogP contribution in [-0.2, 0) is 16.0 Å². The van der Waals surface area contributed by atoms with Gasteiger partial charge in [-0.1, -0.05) is 24.3 Å². The molecule has 0 bridgehead atoms. The number of nitrogens with two attached hydrogens (primary N) is 1. The summed E-state index contributed by atoms with van der Waals surface area (Å²) in [5.41, 5.74) is 7.17. The zero-order valence-electron chi connectivity index (χ0n) is 15.2. The van der Waals surface area contributed by atoms with Crippen molar-refractivity contribution in [3.8, 4) is 6.07 Å². The number of anilines is 1. The van der Waals surface area contributed by atoms with E-state index in [1.165, 1.54) is 6.92 Å². The summed E-state index contributed by atoms with van der Waals surface area (Å²) in [7, 11) is 0. The van der Waals surface area contributed by atoms with Gasteiger partial charge in [-0.3, -0.25) is 9.59 Å². The maximum Gasteiger partial charge on any atom is 0.143 e. The Morgan fingerprint density at radius 3 is 2.19 bits per heavy atom. The second-order valence-corrected chi connectivity index (χ2v) is 7.15. The third-order valence-corrected chi connectivity index (χ3v) is 4.45. The van der Waals surface area contributed by atoms with Crippen LogP contribution >= 0.6 is 24.0 Å². The van der Waals surface area contributed by atoms with Crippen LogP contribution in [0.3, 0.4) is 0 Å². The Morgan fingerprint density at radius 1 is 1.11 bits per heavy atom. The number of benzene rings is 2. The maximum atomic E-state index is 10.9. The first-order valence-corrected chi connectivity index (χ1v) is 9.33. The van der Waals surface area contributed by atoms with E-state index < -0.39 is 0 Å². The molecule has 0 radical (unpaired) electrons. The fourth-order valence-electron chi connectivity index (χ4n) is 1.81. The summed E-state index contributed by atoms with van der Waals surface area (Å²) >= 11 is 5.67. The summed E-state index contributed by atoms with van der Waals surface area (Å²) in [5.74, 6) is 0.0940. The Hall–Kier alpha value is -2.69. The Balaban J connectivity index is 0.000000224. The molecule has 0 fully saturated rings. The molecule has 1 aromatic heterocycles. The fraction of sp³-hybridized carbons (Fsp3) is 0.200. The molecule has 0 saturated heterocycles. The number of hydrogen-bond acceptors (Lipinski definition) is 7. The number of nitrogens with zero attached hydrogens (tertiary/aromatic N) is 2. The summed E-state index contributed by atoms with van der Waals surface area (Å²) in [6.07, 6.45) is 0.499. The molecule has 27 heavy (non-hydrogen) atoms. The van der Waals surface area contributed by atoms with Crippen molar-refractivity contribution in [1.29, 1.82) is 5.26 Å². The van der Waals surface area contributed by atoms with Crippen LogP contribution in [0.2, 0.25) is 0 Å². The lowest BCUT2D eigenvalue weighted by atomic mass is 10.3. The minimum absolute atomic E-state index is 0.0417. The number of fused-ring (bicyclic) bond motifs is 1. The molecule has 0 saturated carbocycles. The molecule has 140 valence electrons. The molecular formula is C20H21N3O2S2. The van der Waals surface area contributed by atoms with E-state index in [2.05, 4.69) is 17.6 Å². The highest BCUT2D eigenvalue weighted by Crippen LogP contribution is 2.21. The van der Waals surface area contributed by atoms with Crippen LogP contribution < -0.4 is 5.73 Å². The molecule has 3 aromatic rings. The Bertz CT molecular complexity index is 892. The molecule has 2 aromatic carbocycles. The maximum absolute atomic E-state index is 10.9. The van der Waals surface area contributed by atoms with Gasteiger partial charge in [-0.2, -0.15) is 5.26 Å². The van der Waals surface area contributed by atoms with E-state index in [1.54, 1.807) is 24.3 Å². The summed E-state index contributed by atoms with van der Waals surface area (Å²) in [4.78, 5) is 25.9. The first kappa shape index (κ1) is 22.4. The van der Waals surface area contributed by atoms with Crippen molar-refractivity contribution in [2.24, 2.45) is 0 Å². The van der Waals surface area contributed by atoms with Crippen molar-refractivity contribution in [1.82, 2.24) is 4.98 Å². The predicted octanol–water partition coefficient (Wildman–Crippen LogP) is 4.47. The van der Waals surface area contributed by atoms with Gasteiger partial charge in [-0.05, 0) is 38.1 Å². The van der Waals surface area contributed by atoms with Crippen LogP contribution in [0.4, 0.5) is 5.69 Å². The smallest absolute Gasteiger partial charge is 0.143 e. The third-order valence-electron chi connectivity index (χ3n) is 3.00. The SMILES string of the molecule is CC(=O)CC#N.CC(=O)Cc1nc2ccccc2s1.Nc1ccccc1S. The standard InChI is InChI=1S/C10H9NOS.C6H7NS.C4H5NO/c1-7(12)6-10-11-8-4-2-3-5-9(8)13-10;7-5-3-1-2-4-6(5)8;1-4(6)2-3-5/h2-5H,6H2,1H3;1-4,8H,7H2;2H2,1H3. The minimum atomic E-state index is -0.0718. The van der Waals surface area contributed by atoms with E-state index >= 15 is 0 Å². The van der Waals surface area contributed by atoms with Gasteiger partial charge in [0.05, 0.1) is 29.1 Å². The van der Waals surface area contributed by atoms with E-state index in [9.17, 15) is 9.59 Å². The van der Waals surface area contributed by atoms with Gasteiger partial charge in [0.2, 0.25) is 0 Å². The molecule has 0 unspecified atom stereocenters. The summed E-state index contributed by atoms with van der Waals surface area (Å²) in [5, 5.41) is 8.68. The number of para-hydroxylation sites is 2. The van der Waals surface area contributed by atoms with Crippen molar-refractivity contribution in [3.63, 3.8) is 0 Å². The summed E-state index contributed by atoms with van der Waals surface area (Å²) < 4.78 is 1.15. The van der Waals surface area contributed by atoms with E-state index in [4.69, 9.17) is 11.0 Å². The van der Waals surface area contributed by atoms with Crippen molar-refractivity contribution in [2.45, 2.75) is 31.6 Å². The average Bonchev–Trinajstić information content (AvgIpc) is 3.00. The van der Waals surface area contributed by atoms with Gasteiger partial charge < -0.3 is 5.73 Å². The van der Waals surface area contributed by atoms with Crippen LogP contribution in [-0.4, -0.2) is 16.6 Å². The van der Waals surface area contributed by atoms with Crippen molar-refractivity contribution >= 4 is 51.4 Å². The molecule has 0 atom stereocenters. The second-order valence-electron chi connectivity index (χ2n) is 5.55. The van der Waals surface area contributed by atoms with Crippen molar-refractivity contribution < 1.29 is 9.59 Å². The monoisotopic (exact) mass is 399 g/mol. The number of carbonyl (C=O) groups is 2. The molecule has 0 aliphatic rings. The lowest BCUT2D eigenvalue weighted by Gasteiger charge is -1.92. The van der Waals surface area contributed by atoms with Gasteiger partial charge >= 0.3 is 0 Å². The first-order valence-electron chi connectivity index (χ1n) is 8.07. The highest BCUT2D eigenvalue weighted by Gasteiger charge is 2.04. The molecular weight excluding hydrogens is 378 g/mol. The normalized spacial score (nSPS) is 9.26. The number of nitriles is 1. The van der Waals surface area contributed by atoms with Crippen LogP contribution in [0.25, 0.3) is 10.2 Å². The van der Waals surface area contributed by atoms with Gasteiger partial charge in [0, 0.05) is 10.6 Å². The van der Waals surface area contributed by atoms with Gasteiger partial charge in [-0.25, -0.2) is 4.98 Å². The summed E-state index contributed by atoms with van der Waals surface area (Å²) in [6, 6.07) is 17.1. The third kappa shape index (κ3) is 8.99. The van der Waals surface area contributed by atoms with Crippen LogP contribution in [0.1, 0.15) is 25.3 Å². The van der Waals surface area contributed by atoms with E-state index in [0.717, 1.165) is 25.8 Å². The minimum Gasteiger partial charge on any atom is -0.398 e. The Labute approximate surface area is 168 Å². The highest BCUT2D eigenvalue weighted by molar-refractivity contribution is 7.80. The molecule has 0 aliphatic heterocycles. The molecule has 0 amide bonds.